The fourth-order valence-electron chi connectivity index (χ4n) is 2.44. The Kier molecular flexibility index (Phi) is 4.24. The van der Waals surface area contributed by atoms with Crippen LogP contribution in [0.15, 0.2) is 0 Å². The Bertz CT molecular complexity index is 334. The number of ether oxygens (including phenoxy) is 1. The summed E-state index contributed by atoms with van der Waals surface area (Å²) in [6, 6.07) is -0.773. The van der Waals surface area contributed by atoms with Crippen LogP contribution in [0.5, 0.6) is 0 Å². The molecule has 1 aliphatic rings. The number of nitrogens with zero attached hydrogens (tertiary/aromatic N) is 1. The SMILES string of the molecule is CCC1CN(C(=O)OC(C)(C)C)C(C(=O)O)C1C. The van der Waals surface area contributed by atoms with Gasteiger partial charge in [0.1, 0.15) is 11.6 Å². The molecule has 1 heterocycles. The molecule has 1 fully saturated rings. The molecule has 18 heavy (non-hydrogen) atoms. The molecule has 0 aromatic carbocycles. The molecule has 0 aliphatic carbocycles. The quantitative estimate of drug-likeness (QED) is 0.824. The van der Waals surface area contributed by atoms with Gasteiger partial charge in [0, 0.05) is 6.54 Å². The van der Waals surface area contributed by atoms with Crippen molar-refractivity contribution >= 4 is 12.1 Å². The van der Waals surface area contributed by atoms with E-state index in [9.17, 15) is 14.7 Å². The Balaban J connectivity index is 2.86. The normalized spacial score (nSPS) is 28.3. The van der Waals surface area contributed by atoms with E-state index in [2.05, 4.69) is 0 Å². The van der Waals surface area contributed by atoms with Crippen molar-refractivity contribution in [1.82, 2.24) is 4.90 Å². The van der Waals surface area contributed by atoms with E-state index in [4.69, 9.17) is 4.74 Å². The van der Waals surface area contributed by atoms with Crippen LogP contribution in [0.25, 0.3) is 0 Å². The Morgan fingerprint density at radius 3 is 2.33 bits per heavy atom. The van der Waals surface area contributed by atoms with E-state index in [1.165, 1.54) is 4.90 Å². The number of likely N-dealkylation sites (tertiary alicyclic amines) is 1. The zero-order chi connectivity index (χ0) is 14.1. The number of carboxylic acid groups (broad SMARTS) is 1. The van der Waals surface area contributed by atoms with Crippen molar-refractivity contribution in [3.63, 3.8) is 0 Å². The first kappa shape index (κ1) is 14.8. The lowest BCUT2D eigenvalue weighted by Crippen LogP contribution is -2.45. The number of carboxylic acids is 1. The summed E-state index contributed by atoms with van der Waals surface area (Å²) < 4.78 is 5.27. The first-order valence-electron chi connectivity index (χ1n) is 6.39. The molecule has 0 radical (unpaired) electrons. The maximum atomic E-state index is 12.0. The van der Waals surface area contributed by atoms with Crippen molar-refractivity contribution in [3.05, 3.63) is 0 Å². The summed E-state index contributed by atoms with van der Waals surface area (Å²) in [5.41, 5.74) is -0.603. The average molecular weight is 257 g/mol. The standard InChI is InChI=1S/C13H23NO4/c1-6-9-7-14(10(8(9)2)11(15)16)12(17)18-13(3,4)5/h8-10H,6-7H2,1-5H3,(H,15,16). The van der Waals surface area contributed by atoms with Crippen LogP contribution < -0.4 is 0 Å². The fraction of sp³-hybridized carbons (Fsp3) is 0.846. The summed E-state index contributed by atoms with van der Waals surface area (Å²) in [6.07, 6.45) is 0.335. The van der Waals surface area contributed by atoms with Crippen LogP contribution in [-0.2, 0) is 9.53 Å². The summed E-state index contributed by atoms with van der Waals surface area (Å²) in [5.74, 6) is -0.775. The van der Waals surface area contributed by atoms with E-state index in [0.29, 0.717) is 6.54 Å². The first-order valence-corrected chi connectivity index (χ1v) is 6.39. The molecule has 1 amide bonds. The largest absolute Gasteiger partial charge is 0.480 e. The maximum Gasteiger partial charge on any atom is 0.411 e. The van der Waals surface area contributed by atoms with Gasteiger partial charge in [0.2, 0.25) is 0 Å². The number of amides is 1. The number of hydrogen-bond donors (Lipinski definition) is 1. The summed E-state index contributed by atoms with van der Waals surface area (Å²) in [4.78, 5) is 24.7. The Morgan fingerprint density at radius 1 is 1.39 bits per heavy atom. The van der Waals surface area contributed by atoms with Gasteiger partial charge in [0.15, 0.2) is 0 Å². The second kappa shape index (κ2) is 5.16. The third kappa shape index (κ3) is 3.15. The monoisotopic (exact) mass is 257 g/mol. The predicted molar refractivity (Wildman–Crippen MR) is 67.3 cm³/mol. The van der Waals surface area contributed by atoms with Gasteiger partial charge in [0.25, 0.3) is 0 Å². The Hall–Kier alpha value is -1.26. The fourth-order valence-corrected chi connectivity index (χ4v) is 2.44. The van der Waals surface area contributed by atoms with E-state index in [0.717, 1.165) is 6.42 Å². The van der Waals surface area contributed by atoms with Crippen molar-refractivity contribution in [1.29, 1.82) is 0 Å². The van der Waals surface area contributed by atoms with E-state index in [1.54, 1.807) is 20.8 Å². The van der Waals surface area contributed by atoms with Gasteiger partial charge in [-0.2, -0.15) is 0 Å². The van der Waals surface area contributed by atoms with Crippen molar-refractivity contribution in [3.8, 4) is 0 Å². The molecule has 0 spiro atoms. The van der Waals surface area contributed by atoms with Gasteiger partial charge in [-0.05, 0) is 32.6 Å². The van der Waals surface area contributed by atoms with Gasteiger partial charge in [-0.1, -0.05) is 20.3 Å². The van der Waals surface area contributed by atoms with E-state index in [-0.39, 0.29) is 11.8 Å². The molecule has 1 saturated heterocycles. The van der Waals surface area contributed by atoms with Crippen LogP contribution in [-0.4, -0.2) is 40.3 Å². The van der Waals surface area contributed by atoms with Crippen LogP contribution in [0.4, 0.5) is 4.79 Å². The number of hydrogen-bond acceptors (Lipinski definition) is 3. The molecule has 5 heteroatoms. The van der Waals surface area contributed by atoms with Gasteiger partial charge in [0.05, 0.1) is 0 Å². The van der Waals surface area contributed by atoms with Gasteiger partial charge < -0.3 is 9.84 Å². The lowest BCUT2D eigenvalue weighted by atomic mass is 9.91. The van der Waals surface area contributed by atoms with Crippen LogP contribution in [0.2, 0.25) is 0 Å². The van der Waals surface area contributed by atoms with Crippen LogP contribution in [0, 0.1) is 11.8 Å². The highest BCUT2D eigenvalue weighted by Crippen LogP contribution is 2.33. The van der Waals surface area contributed by atoms with Crippen LogP contribution in [0.1, 0.15) is 41.0 Å². The van der Waals surface area contributed by atoms with Crippen molar-refractivity contribution < 1.29 is 19.4 Å². The van der Waals surface area contributed by atoms with Crippen LogP contribution >= 0.6 is 0 Å². The van der Waals surface area contributed by atoms with Crippen molar-refractivity contribution in [2.75, 3.05) is 6.54 Å². The molecule has 1 N–H and O–H groups in total. The van der Waals surface area contributed by atoms with E-state index >= 15 is 0 Å². The van der Waals surface area contributed by atoms with E-state index < -0.39 is 23.7 Å². The Morgan fingerprint density at radius 2 is 1.94 bits per heavy atom. The van der Waals surface area contributed by atoms with Crippen LogP contribution in [0.3, 0.4) is 0 Å². The molecule has 104 valence electrons. The number of aliphatic carboxylic acids is 1. The molecule has 0 saturated carbocycles. The van der Waals surface area contributed by atoms with Crippen molar-refractivity contribution in [2.45, 2.75) is 52.7 Å². The number of carbonyl (C=O) groups excluding carboxylic acids is 1. The predicted octanol–water partition coefficient (Wildman–Crippen LogP) is 2.35. The minimum atomic E-state index is -0.954. The minimum Gasteiger partial charge on any atom is -0.480 e. The average Bonchev–Trinajstić information content (AvgIpc) is 2.52. The summed E-state index contributed by atoms with van der Waals surface area (Å²) >= 11 is 0. The number of rotatable bonds is 2. The van der Waals surface area contributed by atoms with Gasteiger partial charge in [-0.15, -0.1) is 0 Å². The third-order valence-electron chi connectivity index (χ3n) is 3.41. The highest BCUT2D eigenvalue weighted by molar-refractivity contribution is 5.81. The highest BCUT2D eigenvalue weighted by atomic mass is 16.6. The third-order valence-corrected chi connectivity index (χ3v) is 3.41. The van der Waals surface area contributed by atoms with Crippen molar-refractivity contribution in [2.24, 2.45) is 11.8 Å². The molecular weight excluding hydrogens is 234 g/mol. The molecule has 1 aliphatic heterocycles. The Labute approximate surface area is 108 Å². The van der Waals surface area contributed by atoms with E-state index in [1.807, 2.05) is 13.8 Å². The molecule has 1 rings (SSSR count). The molecule has 0 aromatic heterocycles. The molecule has 3 unspecified atom stereocenters. The minimum absolute atomic E-state index is 0.0416. The lowest BCUT2D eigenvalue weighted by Gasteiger charge is -2.27. The molecular formula is C13H23NO4. The first-order chi connectivity index (χ1) is 8.17. The second-order valence-corrected chi connectivity index (χ2v) is 5.94. The summed E-state index contributed by atoms with van der Waals surface area (Å²) in [6.45, 7) is 9.69. The zero-order valence-electron chi connectivity index (χ0n) is 11.8. The topological polar surface area (TPSA) is 66.8 Å². The second-order valence-electron chi connectivity index (χ2n) is 5.94. The summed E-state index contributed by atoms with van der Waals surface area (Å²) in [7, 11) is 0. The summed E-state index contributed by atoms with van der Waals surface area (Å²) in [5, 5.41) is 9.27. The number of carbonyl (C=O) groups is 2. The molecule has 0 aromatic rings. The van der Waals surface area contributed by atoms with Gasteiger partial charge in [-0.3, -0.25) is 4.90 Å². The lowest BCUT2D eigenvalue weighted by molar-refractivity contribution is -0.143. The maximum absolute atomic E-state index is 12.0. The smallest absolute Gasteiger partial charge is 0.411 e. The molecule has 0 bridgehead atoms. The molecule has 3 atom stereocenters. The zero-order valence-corrected chi connectivity index (χ0v) is 11.8. The van der Waals surface area contributed by atoms with Gasteiger partial charge >= 0.3 is 12.1 Å². The molecule has 5 nitrogen and oxygen atoms in total. The highest BCUT2D eigenvalue weighted by Gasteiger charge is 2.46. The van der Waals surface area contributed by atoms with Gasteiger partial charge in [-0.25, -0.2) is 9.59 Å².